The quantitative estimate of drug-likeness (QED) is 0.498. The molecule has 1 nitrogen and oxygen atoms in total. The molecule has 1 rings (SSSR count). The van der Waals surface area contributed by atoms with Crippen molar-refractivity contribution in [2.24, 2.45) is 0 Å². The van der Waals surface area contributed by atoms with Crippen LogP contribution < -0.4 is 5.32 Å². The van der Waals surface area contributed by atoms with Crippen LogP contribution in [0.2, 0.25) is 0 Å². The molecule has 1 N–H and O–H groups in total. The number of rotatable bonds is 0. The maximum atomic E-state index is 13.3. The summed E-state index contributed by atoms with van der Waals surface area (Å²) in [6.45, 7) is 1.61. The Bertz CT molecular complexity index is 140. The first-order chi connectivity index (χ1) is 4.77. The predicted octanol–water partition coefficient (Wildman–Crippen LogP) is 1.10. The lowest BCUT2D eigenvalue weighted by molar-refractivity contribution is 0.220. The Kier molecular flexibility index (Phi) is 2.29. The van der Waals surface area contributed by atoms with E-state index in [-0.39, 0.29) is 0 Å². The van der Waals surface area contributed by atoms with E-state index in [0.29, 0.717) is 19.4 Å². The molecule has 1 unspecified atom stereocenters. The van der Waals surface area contributed by atoms with Gasteiger partial charge in [-0.25, -0.2) is 4.39 Å². The normalized spacial score (nSPS) is 34.4. The first-order valence-electron chi connectivity index (χ1n) is 3.64. The number of nitrogens with one attached hydrogen (secondary N) is 1. The van der Waals surface area contributed by atoms with E-state index in [1.54, 1.807) is 0 Å². The number of hydrogen-bond donors (Lipinski definition) is 1. The summed E-state index contributed by atoms with van der Waals surface area (Å²) >= 11 is 0. The van der Waals surface area contributed by atoms with Crippen LogP contribution in [-0.4, -0.2) is 18.8 Å². The molecule has 0 radical (unpaired) electrons. The molecule has 0 aromatic carbocycles. The summed E-state index contributed by atoms with van der Waals surface area (Å²) in [4.78, 5) is 0. The summed E-state index contributed by atoms with van der Waals surface area (Å²) in [5.41, 5.74) is -1.33. The second-order valence-corrected chi connectivity index (χ2v) is 2.71. The van der Waals surface area contributed by atoms with Crippen LogP contribution in [-0.2, 0) is 0 Å². The molecule has 1 heterocycles. The van der Waals surface area contributed by atoms with Gasteiger partial charge in [-0.05, 0) is 25.9 Å². The maximum Gasteiger partial charge on any atom is 0.171 e. The number of alkyl halides is 1. The monoisotopic (exact) mass is 141 g/mol. The van der Waals surface area contributed by atoms with E-state index in [2.05, 4.69) is 11.2 Å². The molecule has 1 saturated heterocycles. The van der Waals surface area contributed by atoms with E-state index < -0.39 is 5.67 Å². The number of hydrogen-bond acceptors (Lipinski definition) is 1. The Balaban J connectivity index is 2.51. The van der Waals surface area contributed by atoms with E-state index in [9.17, 15) is 4.39 Å². The van der Waals surface area contributed by atoms with Crippen molar-refractivity contribution in [3.8, 4) is 12.3 Å². The molecule has 0 aromatic rings. The van der Waals surface area contributed by atoms with Crippen LogP contribution in [0.1, 0.15) is 19.3 Å². The Morgan fingerprint density at radius 1 is 1.40 bits per heavy atom. The maximum absolute atomic E-state index is 13.3. The van der Waals surface area contributed by atoms with Gasteiger partial charge < -0.3 is 5.32 Å². The first kappa shape index (κ1) is 7.56. The van der Waals surface area contributed by atoms with Gasteiger partial charge in [-0.3, -0.25) is 0 Å². The average molecular weight is 141 g/mol. The lowest BCUT2D eigenvalue weighted by atomic mass is 9.98. The Hall–Kier alpha value is -0.550. The third-order valence-corrected chi connectivity index (χ3v) is 1.88. The molecule has 0 aliphatic carbocycles. The summed E-state index contributed by atoms with van der Waals surface area (Å²) in [6, 6.07) is 0. The fourth-order valence-corrected chi connectivity index (χ4v) is 1.17. The second-order valence-electron chi connectivity index (χ2n) is 2.71. The molecule has 1 aliphatic heterocycles. The molecule has 0 spiro atoms. The van der Waals surface area contributed by atoms with Gasteiger partial charge in [0.25, 0.3) is 0 Å². The fraction of sp³-hybridized carbons (Fsp3) is 0.750. The molecule has 0 amide bonds. The molecule has 1 atom stereocenters. The Labute approximate surface area is 61.0 Å². The third kappa shape index (κ3) is 1.71. The second kappa shape index (κ2) is 3.03. The van der Waals surface area contributed by atoms with Crippen LogP contribution in [0, 0.1) is 12.3 Å². The fourth-order valence-electron chi connectivity index (χ4n) is 1.17. The Morgan fingerprint density at radius 2 is 2.20 bits per heavy atom. The van der Waals surface area contributed by atoms with E-state index in [4.69, 9.17) is 6.42 Å². The standard InChI is InChI=1S/C8H12FN/c1-2-8(9)4-3-6-10-7-5-8/h1,10H,3-7H2. The van der Waals surface area contributed by atoms with E-state index in [0.717, 1.165) is 13.0 Å². The van der Waals surface area contributed by atoms with Crippen LogP contribution >= 0.6 is 0 Å². The van der Waals surface area contributed by atoms with E-state index >= 15 is 0 Å². The van der Waals surface area contributed by atoms with Crippen LogP contribution in [0.3, 0.4) is 0 Å². The molecule has 2 heteroatoms. The number of terminal acetylenes is 1. The molecule has 1 aliphatic rings. The van der Waals surface area contributed by atoms with Crippen molar-refractivity contribution in [2.75, 3.05) is 13.1 Å². The minimum Gasteiger partial charge on any atom is -0.317 e. The highest BCUT2D eigenvalue weighted by Crippen LogP contribution is 2.22. The van der Waals surface area contributed by atoms with Crippen molar-refractivity contribution in [1.29, 1.82) is 0 Å². The van der Waals surface area contributed by atoms with Gasteiger partial charge in [0.2, 0.25) is 0 Å². The zero-order valence-electron chi connectivity index (χ0n) is 5.99. The summed E-state index contributed by atoms with van der Waals surface area (Å²) in [7, 11) is 0. The molecular weight excluding hydrogens is 129 g/mol. The van der Waals surface area contributed by atoms with Crippen LogP contribution in [0.4, 0.5) is 4.39 Å². The zero-order valence-corrected chi connectivity index (χ0v) is 5.99. The zero-order chi connectivity index (χ0) is 7.45. The van der Waals surface area contributed by atoms with Crippen molar-refractivity contribution in [3.63, 3.8) is 0 Å². The molecular formula is C8H12FN. The Morgan fingerprint density at radius 3 is 2.90 bits per heavy atom. The lowest BCUT2D eigenvalue weighted by Gasteiger charge is -2.14. The lowest BCUT2D eigenvalue weighted by Crippen LogP contribution is -2.22. The van der Waals surface area contributed by atoms with Crippen molar-refractivity contribution in [1.82, 2.24) is 5.32 Å². The van der Waals surface area contributed by atoms with Crippen molar-refractivity contribution >= 4 is 0 Å². The highest BCUT2D eigenvalue weighted by Gasteiger charge is 2.27. The molecule has 56 valence electrons. The van der Waals surface area contributed by atoms with E-state index in [1.807, 2.05) is 0 Å². The molecule has 0 saturated carbocycles. The van der Waals surface area contributed by atoms with Gasteiger partial charge in [-0.1, -0.05) is 5.92 Å². The van der Waals surface area contributed by atoms with Gasteiger partial charge >= 0.3 is 0 Å². The molecule has 0 aromatic heterocycles. The largest absolute Gasteiger partial charge is 0.317 e. The number of halogens is 1. The van der Waals surface area contributed by atoms with Crippen LogP contribution in [0.25, 0.3) is 0 Å². The summed E-state index contributed by atoms with van der Waals surface area (Å²) in [6.07, 6.45) is 6.87. The van der Waals surface area contributed by atoms with E-state index in [1.165, 1.54) is 0 Å². The molecule has 0 bridgehead atoms. The van der Waals surface area contributed by atoms with Gasteiger partial charge in [0, 0.05) is 6.42 Å². The van der Waals surface area contributed by atoms with Gasteiger partial charge in [0.05, 0.1) is 0 Å². The minimum absolute atomic E-state index is 0.462. The first-order valence-corrected chi connectivity index (χ1v) is 3.64. The van der Waals surface area contributed by atoms with Crippen LogP contribution in [0.15, 0.2) is 0 Å². The van der Waals surface area contributed by atoms with Crippen molar-refractivity contribution in [2.45, 2.75) is 24.9 Å². The van der Waals surface area contributed by atoms with Crippen molar-refractivity contribution < 1.29 is 4.39 Å². The summed E-state index contributed by atoms with van der Waals surface area (Å²) < 4.78 is 13.3. The van der Waals surface area contributed by atoms with Gasteiger partial charge in [0.15, 0.2) is 5.67 Å². The van der Waals surface area contributed by atoms with Gasteiger partial charge in [-0.15, -0.1) is 6.42 Å². The topological polar surface area (TPSA) is 12.0 Å². The average Bonchev–Trinajstić information content (AvgIpc) is 2.15. The summed E-state index contributed by atoms with van der Waals surface area (Å²) in [5.74, 6) is 2.21. The minimum atomic E-state index is -1.33. The third-order valence-electron chi connectivity index (χ3n) is 1.88. The predicted molar refractivity (Wildman–Crippen MR) is 39.4 cm³/mol. The summed E-state index contributed by atoms with van der Waals surface area (Å²) in [5, 5.41) is 3.10. The van der Waals surface area contributed by atoms with Gasteiger partial charge in [-0.2, -0.15) is 0 Å². The SMILES string of the molecule is C#CC1(F)CCCNCC1. The highest BCUT2D eigenvalue weighted by atomic mass is 19.1. The highest BCUT2D eigenvalue weighted by molar-refractivity contribution is 5.08. The smallest absolute Gasteiger partial charge is 0.171 e. The van der Waals surface area contributed by atoms with Crippen LogP contribution in [0.5, 0.6) is 0 Å². The van der Waals surface area contributed by atoms with Crippen molar-refractivity contribution in [3.05, 3.63) is 0 Å². The molecule has 1 fully saturated rings. The molecule has 10 heavy (non-hydrogen) atoms. The van der Waals surface area contributed by atoms with Gasteiger partial charge in [0.1, 0.15) is 0 Å².